The molecular formula is C26H25N5O6. The van der Waals surface area contributed by atoms with Crippen LogP contribution in [0.2, 0.25) is 0 Å². The molecule has 2 saturated heterocycles. The maximum Gasteiger partial charge on any atom is 0.319 e. The third kappa shape index (κ3) is 4.92. The zero-order chi connectivity index (χ0) is 26.1. The summed E-state index contributed by atoms with van der Waals surface area (Å²) in [5.74, 6) is -2.15. The molecule has 11 heteroatoms. The Kier molecular flexibility index (Phi) is 6.43. The lowest BCUT2D eigenvalue weighted by Gasteiger charge is -2.27. The molecule has 0 saturated carbocycles. The summed E-state index contributed by atoms with van der Waals surface area (Å²) in [7, 11) is 0. The van der Waals surface area contributed by atoms with Gasteiger partial charge < -0.3 is 15.5 Å². The summed E-state index contributed by atoms with van der Waals surface area (Å²) in [5, 5.41) is 7.65. The average molecular weight is 504 g/mol. The number of nitrogens with one attached hydrogen (secondary N) is 3. The topological polar surface area (TPSA) is 145 Å². The first kappa shape index (κ1) is 24.2. The molecule has 0 aromatic heterocycles. The summed E-state index contributed by atoms with van der Waals surface area (Å²) >= 11 is 0. The maximum absolute atomic E-state index is 13.0. The number of urea groups is 1. The van der Waals surface area contributed by atoms with Crippen molar-refractivity contribution >= 4 is 41.3 Å². The highest BCUT2D eigenvalue weighted by atomic mass is 16.2. The summed E-state index contributed by atoms with van der Waals surface area (Å²) in [4.78, 5) is 76.4. The van der Waals surface area contributed by atoms with Gasteiger partial charge in [0.15, 0.2) is 0 Å². The Labute approximate surface area is 212 Å². The smallest absolute Gasteiger partial charge is 0.319 e. The molecular weight excluding hydrogens is 478 g/mol. The fourth-order valence-electron chi connectivity index (χ4n) is 4.82. The summed E-state index contributed by atoms with van der Waals surface area (Å²) in [6, 6.07) is 10.4. The molecule has 3 N–H and O–H groups in total. The second-order valence-corrected chi connectivity index (χ2v) is 9.25. The Balaban J connectivity index is 1.20. The molecule has 0 spiro atoms. The molecule has 11 nitrogen and oxygen atoms in total. The Bertz CT molecular complexity index is 1340. The summed E-state index contributed by atoms with van der Waals surface area (Å²) < 4.78 is 0. The number of likely N-dealkylation sites (tertiary alicyclic amines) is 1. The fourth-order valence-corrected chi connectivity index (χ4v) is 4.82. The van der Waals surface area contributed by atoms with Crippen LogP contribution in [0, 0.1) is 0 Å². The second kappa shape index (κ2) is 9.84. The van der Waals surface area contributed by atoms with Crippen molar-refractivity contribution in [3.63, 3.8) is 0 Å². The number of hydrogen-bond donors (Lipinski definition) is 3. The molecule has 7 amide bonds. The minimum absolute atomic E-state index is 0.0490. The van der Waals surface area contributed by atoms with Crippen LogP contribution in [0.15, 0.2) is 42.5 Å². The first-order valence-corrected chi connectivity index (χ1v) is 12.1. The minimum Gasteiger partial charge on any atom is -0.338 e. The van der Waals surface area contributed by atoms with Crippen LogP contribution in [0.3, 0.4) is 0 Å². The van der Waals surface area contributed by atoms with E-state index in [1.807, 2.05) is 18.2 Å². The Morgan fingerprint density at radius 2 is 1.76 bits per heavy atom. The lowest BCUT2D eigenvalue weighted by Crippen LogP contribution is -2.54. The van der Waals surface area contributed by atoms with Crippen LogP contribution in [0.1, 0.15) is 57.5 Å². The van der Waals surface area contributed by atoms with Crippen LogP contribution in [0.4, 0.5) is 10.5 Å². The minimum atomic E-state index is -1.03. The van der Waals surface area contributed by atoms with Crippen molar-refractivity contribution in [3.8, 4) is 0 Å². The molecule has 0 bridgehead atoms. The third-order valence-electron chi connectivity index (χ3n) is 6.69. The number of amides is 7. The van der Waals surface area contributed by atoms with Crippen LogP contribution < -0.4 is 16.0 Å². The predicted octanol–water partition coefficient (Wildman–Crippen LogP) is 1.53. The standard InChI is InChI=1S/C26H25N5O6/c32-21-9-8-20(23(34)29-21)31-24(35)18-7-6-15(12-19(18)25(31)36)13-27-26(37)28-17-4-1-3-16(11-17)14-30-10-2-5-22(30)33/h1,3-4,6-7,11-12,20H,2,5,8-10,13-14H2,(H2,27,28,37)(H,29,32,34). The Morgan fingerprint density at radius 1 is 0.946 bits per heavy atom. The fraction of sp³-hybridized carbons (Fsp3) is 0.308. The molecule has 1 atom stereocenters. The molecule has 1 unspecified atom stereocenters. The van der Waals surface area contributed by atoms with E-state index in [0.29, 0.717) is 24.2 Å². The van der Waals surface area contributed by atoms with E-state index >= 15 is 0 Å². The van der Waals surface area contributed by atoms with Crippen LogP contribution >= 0.6 is 0 Å². The first-order chi connectivity index (χ1) is 17.8. The number of nitrogens with zero attached hydrogens (tertiary/aromatic N) is 2. The third-order valence-corrected chi connectivity index (χ3v) is 6.69. The van der Waals surface area contributed by atoms with Gasteiger partial charge in [-0.05, 0) is 48.2 Å². The summed E-state index contributed by atoms with van der Waals surface area (Å²) in [6.45, 7) is 1.33. The zero-order valence-electron chi connectivity index (χ0n) is 19.9. The quantitative estimate of drug-likeness (QED) is 0.510. The van der Waals surface area contributed by atoms with E-state index in [4.69, 9.17) is 0 Å². The van der Waals surface area contributed by atoms with Gasteiger partial charge in [-0.2, -0.15) is 0 Å². The zero-order valence-corrected chi connectivity index (χ0v) is 19.9. The highest BCUT2D eigenvalue weighted by molar-refractivity contribution is 6.23. The number of benzene rings is 2. The number of fused-ring (bicyclic) bond motifs is 1. The molecule has 190 valence electrons. The van der Waals surface area contributed by atoms with Gasteiger partial charge >= 0.3 is 6.03 Å². The van der Waals surface area contributed by atoms with Gasteiger partial charge in [0.1, 0.15) is 6.04 Å². The lowest BCUT2D eigenvalue weighted by atomic mass is 10.0. The van der Waals surface area contributed by atoms with Crippen LogP contribution in [0.25, 0.3) is 0 Å². The second-order valence-electron chi connectivity index (χ2n) is 9.25. The van der Waals surface area contributed by atoms with E-state index in [1.54, 1.807) is 17.0 Å². The van der Waals surface area contributed by atoms with E-state index in [1.165, 1.54) is 12.1 Å². The molecule has 3 aliphatic rings. The molecule has 37 heavy (non-hydrogen) atoms. The number of anilines is 1. The van der Waals surface area contributed by atoms with Crippen molar-refractivity contribution in [2.45, 2.75) is 44.8 Å². The first-order valence-electron chi connectivity index (χ1n) is 12.1. The van der Waals surface area contributed by atoms with Crippen molar-refractivity contribution in [3.05, 3.63) is 64.7 Å². The van der Waals surface area contributed by atoms with E-state index < -0.39 is 35.7 Å². The predicted molar refractivity (Wildman–Crippen MR) is 130 cm³/mol. The largest absolute Gasteiger partial charge is 0.338 e. The van der Waals surface area contributed by atoms with Crippen molar-refractivity contribution in [1.82, 2.24) is 20.4 Å². The van der Waals surface area contributed by atoms with E-state index in [9.17, 15) is 28.8 Å². The maximum atomic E-state index is 13.0. The highest BCUT2D eigenvalue weighted by Crippen LogP contribution is 2.28. The molecule has 3 aliphatic heterocycles. The van der Waals surface area contributed by atoms with Crippen molar-refractivity contribution < 1.29 is 28.8 Å². The lowest BCUT2D eigenvalue weighted by molar-refractivity contribution is -0.136. The number of carbonyl (C=O) groups is 6. The number of piperidine rings is 1. The number of carbonyl (C=O) groups excluding carboxylic acids is 6. The normalized spacial score (nSPS) is 19.2. The van der Waals surface area contributed by atoms with Gasteiger partial charge in [0.25, 0.3) is 11.8 Å². The molecule has 3 heterocycles. The van der Waals surface area contributed by atoms with E-state index in [2.05, 4.69) is 16.0 Å². The van der Waals surface area contributed by atoms with Crippen molar-refractivity contribution in [2.75, 3.05) is 11.9 Å². The Hall–Kier alpha value is -4.54. The molecule has 5 rings (SSSR count). The SMILES string of the molecule is O=C1CCC(N2C(=O)c3ccc(CNC(=O)Nc4cccc(CN5CCCC5=O)c4)cc3C2=O)C(=O)N1. The molecule has 2 fully saturated rings. The van der Waals surface area contributed by atoms with Crippen LogP contribution in [-0.2, 0) is 27.5 Å². The monoisotopic (exact) mass is 503 g/mol. The van der Waals surface area contributed by atoms with Gasteiger partial charge in [0, 0.05) is 38.2 Å². The van der Waals surface area contributed by atoms with Crippen molar-refractivity contribution in [2.24, 2.45) is 0 Å². The molecule has 0 aliphatic carbocycles. The van der Waals surface area contributed by atoms with Crippen LogP contribution in [0.5, 0.6) is 0 Å². The van der Waals surface area contributed by atoms with Gasteiger partial charge in [0.2, 0.25) is 17.7 Å². The molecule has 2 aromatic carbocycles. The summed E-state index contributed by atoms with van der Waals surface area (Å²) in [6.07, 6.45) is 1.56. The summed E-state index contributed by atoms with van der Waals surface area (Å²) in [5.41, 5.74) is 2.42. The van der Waals surface area contributed by atoms with Gasteiger partial charge in [-0.15, -0.1) is 0 Å². The Morgan fingerprint density at radius 3 is 2.51 bits per heavy atom. The average Bonchev–Trinajstić information content (AvgIpc) is 3.38. The van der Waals surface area contributed by atoms with Gasteiger partial charge in [-0.1, -0.05) is 18.2 Å². The van der Waals surface area contributed by atoms with Gasteiger partial charge in [-0.25, -0.2) is 4.79 Å². The molecule has 0 radical (unpaired) electrons. The number of rotatable bonds is 6. The molecule has 2 aromatic rings. The van der Waals surface area contributed by atoms with Crippen LogP contribution in [-0.4, -0.2) is 58.0 Å². The van der Waals surface area contributed by atoms with Gasteiger partial charge in [-0.3, -0.25) is 34.2 Å². The van der Waals surface area contributed by atoms with Gasteiger partial charge in [0.05, 0.1) is 11.1 Å². The highest BCUT2D eigenvalue weighted by Gasteiger charge is 2.44. The van der Waals surface area contributed by atoms with Crippen molar-refractivity contribution in [1.29, 1.82) is 0 Å². The van der Waals surface area contributed by atoms with E-state index in [0.717, 1.165) is 23.4 Å². The number of imide groups is 2. The van der Waals surface area contributed by atoms with E-state index in [-0.39, 0.29) is 36.4 Å². The number of hydrogen-bond acceptors (Lipinski definition) is 6.